The van der Waals surface area contributed by atoms with Gasteiger partial charge in [-0.25, -0.2) is 0 Å². The van der Waals surface area contributed by atoms with Gasteiger partial charge in [0.05, 0.1) is 17.7 Å². The molecule has 5 nitrogen and oxygen atoms in total. The number of halogens is 3. The number of alkyl halides is 3. The molecule has 0 amide bonds. The molecule has 1 aromatic rings. The third kappa shape index (κ3) is 1.83. The average molecular weight is 209 g/mol. The van der Waals surface area contributed by atoms with Crippen LogP contribution < -0.4 is 0 Å². The lowest BCUT2D eigenvalue weighted by Gasteiger charge is -2.03. The predicted molar refractivity (Wildman–Crippen MR) is 39.6 cm³/mol. The molecule has 0 spiro atoms. The highest BCUT2D eigenvalue weighted by Gasteiger charge is 2.38. The summed E-state index contributed by atoms with van der Waals surface area (Å²) >= 11 is 0. The van der Waals surface area contributed by atoms with Gasteiger partial charge >= 0.3 is 12.0 Å². The fourth-order valence-corrected chi connectivity index (χ4v) is 0.962. The minimum Gasteiger partial charge on any atom is -0.358 e. The molecule has 78 valence electrons. The van der Waals surface area contributed by atoms with Gasteiger partial charge in [0.1, 0.15) is 0 Å². The molecule has 0 aliphatic heterocycles. The second-order valence-corrected chi connectivity index (χ2v) is 2.46. The molecule has 0 saturated carbocycles. The van der Waals surface area contributed by atoms with Crippen molar-refractivity contribution >= 4 is 5.82 Å². The maximum atomic E-state index is 12.2. The van der Waals surface area contributed by atoms with Crippen LogP contribution in [0.1, 0.15) is 12.6 Å². The summed E-state index contributed by atoms with van der Waals surface area (Å²) in [6.45, 7) is 1.36. The Morgan fingerprint density at radius 3 is 2.50 bits per heavy atom. The number of hydrogen-bond donors (Lipinski definition) is 0. The molecule has 0 saturated heterocycles. The Morgan fingerprint density at radius 1 is 1.64 bits per heavy atom. The molecule has 0 unspecified atom stereocenters. The number of aryl methyl sites for hydroxylation is 1. The lowest BCUT2D eigenvalue weighted by Crippen LogP contribution is -2.13. The number of nitrogens with zero attached hydrogens (tertiary/aromatic N) is 3. The van der Waals surface area contributed by atoms with Crippen LogP contribution in [-0.2, 0) is 12.7 Å². The summed E-state index contributed by atoms with van der Waals surface area (Å²) in [5, 5.41) is 13.4. The van der Waals surface area contributed by atoms with Crippen LogP contribution >= 0.6 is 0 Å². The summed E-state index contributed by atoms with van der Waals surface area (Å²) in [5.74, 6) is -0.792. The van der Waals surface area contributed by atoms with Crippen molar-refractivity contribution in [2.75, 3.05) is 0 Å². The van der Waals surface area contributed by atoms with E-state index in [4.69, 9.17) is 0 Å². The fraction of sp³-hybridized carbons (Fsp3) is 0.500. The Bertz CT molecular complexity index is 358. The summed E-state index contributed by atoms with van der Waals surface area (Å²) in [4.78, 5) is 9.21. The summed E-state index contributed by atoms with van der Waals surface area (Å²) in [5.41, 5.74) is -1.10. The van der Waals surface area contributed by atoms with Crippen LogP contribution in [0.15, 0.2) is 6.07 Å². The summed E-state index contributed by atoms with van der Waals surface area (Å²) in [6, 6.07) is 0.420. The predicted octanol–water partition coefficient (Wildman–Crippen LogP) is 1.83. The van der Waals surface area contributed by atoms with Crippen LogP contribution in [0.3, 0.4) is 0 Å². The van der Waals surface area contributed by atoms with Crippen LogP contribution in [-0.4, -0.2) is 14.7 Å². The van der Waals surface area contributed by atoms with Crippen molar-refractivity contribution in [1.29, 1.82) is 0 Å². The molecule has 0 fully saturated rings. The lowest BCUT2D eigenvalue weighted by atomic mass is 10.4. The molecule has 0 bridgehead atoms. The quantitative estimate of drug-likeness (QED) is 0.551. The highest BCUT2D eigenvalue weighted by atomic mass is 19.4. The van der Waals surface area contributed by atoms with Crippen molar-refractivity contribution in [2.24, 2.45) is 0 Å². The van der Waals surface area contributed by atoms with E-state index in [-0.39, 0.29) is 6.54 Å². The highest BCUT2D eigenvalue weighted by Crippen LogP contribution is 2.31. The van der Waals surface area contributed by atoms with Crippen molar-refractivity contribution < 1.29 is 18.1 Å². The first-order valence-corrected chi connectivity index (χ1v) is 3.65. The van der Waals surface area contributed by atoms with Gasteiger partial charge in [-0.3, -0.25) is 0 Å². The number of hydrogen-bond acceptors (Lipinski definition) is 3. The Hall–Kier alpha value is -1.60. The molecule has 1 heterocycles. The molecular formula is C6H6F3N3O2. The molecule has 0 atom stereocenters. The van der Waals surface area contributed by atoms with Gasteiger partial charge in [0, 0.05) is 0 Å². The minimum atomic E-state index is -4.61. The van der Waals surface area contributed by atoms with E-state index in [0.29, 0.717) is 10.7 Å². The molecular weight excluding hydrogens is 203 g/mol. The van der Waals surface area contributed by atoms with Gasteiger partial charge in [0.2, 0.25) is 0 Å². The summed E-state index contributed by atoms with van der Waals surface area (Å²) in [7, 11) is 0. The molecule has 0 radical (unpaired) electrons. The van der Waals surface area contributed by atoms with Gasteiger partial charge in [0.15, 0.2) is 5.69 Å². The van der Waals surface area contributed by atoms with Crippen LogP contribution in [0.5, 0.6) is 0 Å². The number of rotatable bonds is 2. The molecule has 0 aromatic carbocycles. The summed E-state index contributed by atoms with van der Waals surface area (Å²) in [6.07, 6.45) is -4.61. The zero-order valence-corrected chi connectivity index (χ0v) is 7.08. The van der Waals surface area contributed by atoms with Gasteiger partial charge < -0.3 is 10.1 Å². The maximum absolute atomic E-state index is 12.2. The van der Waals surface area contributed by atoms with E-state index < -0.39 is 22.6 Å². The Labute approximate surface area is 76.3 Å². The smallest absolute Gasteiger partial charge is 0.358 e. The average Bonchev–Trinajstić information content (AvgIpc) is 2.46. The molecule has 1 aromatic heterocycles. The normalized spacial score (nSPS) is 11.7. The molecule has 0 aliphatic rings. The van der Waals surface area contributed by atoms with Crippen molar-refractivity contribution in [2.45, 2.75) is 19.6 Å². The maximum Gasteiger partial charge on any atom is 0.435 e. The zero-order valence-electron chi connectivity index (χ0n) is 7.08. The number of nitro groups is 1. The van der Waals surface area contributed by atoms with E-state index in [1.807, 2.05) is 0 Å². The van der Waals surface area contributed by atoms with E-state index in [1.165, 1.54) is 6.92 Å². The minimum absolute atomic E-state index is 0.0668. The van der Waals surface area contributed by atoms with Gasteiger partial charge in [-0.15, -0.1) is 0 Å². The largest absolute Gasteiger partial charge is 0.435 e. The standard InChI is InChI=1S/C6H6F3N3O2/c1-2-11-4(6(7,8)9)3-5(10-11)12(13)14/h3H,2H2,1H3. The third-order valence-electron chi connectivity index (χ3n) is 1.54. The van der Waals surface area contributed by atoms with Crippen LogP contribution in [0, 0.1) is 10.1 Å². The van der Waals surface area contributed by atoms with Gasteiger partial charge in [-0.05, 0) is 11.8 Å². The lowest BCUT2D eigenvalue weighted by molar-refractivity contribution is -0.389. The highest BCUT2D eigenvalue weighted by molar-refractivity contribution is 5.23. The Morgan fingerprint density at radius 2 is 2.21 bits per heavy atom. The van der Waals surface area contributed by atoms with Gasteiger partial charge in [-0.1, -0.05) is 0 Å². The summed E-state index contributed by atoms with van der Waals surface area (Å²) < 4.78 is 37.2. The first-order chi connectivity index (χ1) is 6.36. The number of aromatic nitrogens is 2. The van der Waals surface area contributed by atoms with E-state index in [0.717, 1.165) is 0 Å². The van der Waals surface area contributed by atoms with E-state index in [1.54, 1.807) is 0 Å². The molecule has 0 N–H and O–H groups in total. The zero-order chi connectivity index (χ0) is 10.9. The second kappa shape index (κ2) is 3.28. The molecule has 8 heteroatoms. The van der Waals surface area contributed by atoms with Gasteiger partial charge in [-0.2, -0.15) is 17.9 Å². The van der Waals surface area contributed by atoms with Crippen molar-refractivity contribution in [3.63, 3.8) is 0 Å². The van der Waals surface area contributed by atoms with E-state index in [2.05, 4.69) is 5.10 Å². The first kappa shape index (κ1) is 10.5. The third-order valence-corrected chi connectivity index (χ3v) is 1.54. The molecule has 1 rings (SSSR count). The first-order valence-electron chi connectivity index (χ1n) is 3.65. The fourth-order valence-electron chi connectivity index (χ4n) is 0.962. The van der Waals surface area contributed by atoms with Crippen LogP contribution in [0.2, 0.25) is 0 Å². The van der Waals surface area contributed by atoms with Crippen molar-refractivity contribution in [3.05, 3.63) is 21.9 Å². The monoisotopic (exact) mass is 209 g/mol. The Kier molecular flexibility index (Phi) is 2.45. The van der Waals surface area contributed by atoms with Crippen LogP contribution in [0.25, 0.3) is 0 Å². The SMILES string of the molecule is CCn1nc([N+](=O)[O-])cc1C(F)(F)F. The van der Waals surface area contributed by atoms with Crippen LogP contribution in [0.4, 0.5) is 19.0 Å². The molecule has 0 aliphatic carbocycles. The van der Waals surface area contributed by atoms with Crippen molar-refractivity contribution in [3.8, 4) is 0 Å². The van der Waals surface area contributed by atoms with Gasteiger partial charge in [0.25, 0.3) is 0 Å². The second-order valence-electron chi connectivity index (χ2n) is 2.46. The molecule has 14 heavy (non-hydrogen) atoms. The van der Waals surface area contributed by atoms with E-state index in [9.17, 15) is 23.3 Å². The Balaban J connectivity index is 3.22. The van der Waals surface area contributed by atoms with Crippen molar-refractivity contribution in [1.82, 2.24) is 9.78 Å². The topological polar surface area (TPSA) is 61.0 Å². The van der Waals surface area contributed by atoms with E-state index >= 15 is 0 Å².